The maximum atomic E-state index is 2.40. The molecule has 0 atom stereocenters. The van der Waals surface area contributed by atoms with Crippen LogP contribution in [0.1, 0.15) is 11.1 Å². The van der Waals surface area contributed by atoms with Gasteiger partial charge in [-0.05, 0) is 64.3 Å². The highest BCUT2D eigenvalue weighted by Gasteiger charge is 2.13. The van der Waals surface area contributed by atoms with Crippen LogP contribution < -0.4 is 0 Å². The van der Waals surface area contributed by atoms with Gasteiger partial charge in [-0.25, -0.2) is 0 Å². The minimum absolute atomic E-state index is 1.08. The lowest BCUT2D eigenvalue weighted by molar-refractivity contribution is 0.313. The Morgan fingerprint density at radius 2 is 1.42 bits per heavy atom. The lowest BCUT2D eigenvalue weighted by Crippen LogP contribution is -2.26. The van der Waals surface area contributed by atoms with Crippen LogP contribution in [0.25, 0.3) is 21.5 Å². The largest absolute Gasteiger partial charge is 0.302 e. The summed E-state index contributed by atoms with van der Waals surface area (Å²) >= 11 is 0. The van der Waals surface area contributed by atoms with E-state index in [9.17, 15) is 0 Å². The molecule has 1 nitrogen and oxygen atoms in total. The van der Waals surface area contributed by atoms with Gasteiger partial charge in [0.25, 0.3) is 0 Å². The van der Waals surface area contributed by atoms with Gasteiger partial charge in [0.05, 0.1) is 0 Å². The molecule has 0 amide bonds. The third-order valence-electron chi connectivity index (χ3n) is 4.23. The number of fused-ring (bicyclic) bond motifs is 3. The van der Waals surface area contributed by atoms with Crippen LogP contribution >= 0.6 is 0 Å². The summed E-state index contributed by atoms with van der Waals surface area (Å²) in [5.41, 5.74) is 3.03. The Bertz CT molecular complexity index is 773. The number of hydrogen-bond donors (Lipinski definition) is 0. The van der Waals surface area contributed by atoms with Gasteiger partial charge in [-0.2, -0.15) is 0 Å². The van der Waals surface area contributed by atoms with Gasteiger partial charge >= 0.3 is 0 Å². The van der Waals surface area contributed by atoms with E-state index in [2.05, 4.69) is 60.5 Å². The molecular weight excluding hydrogens is 230 g/mol. The molecule has 0 saturated heterocycles. The van der Waals surface area contributed by atoms with E-state index in [1.54, 1.807) is 0 Å². The average Bonchev–Trinajstić information content (AvgIpc) is 2.43. The minimum atomic E-state index is 1.08. The van der Waals surface area contributed by atoms with Crippen molar-refractivity contribution < 1.29 is 0 Å². The van der Waals surface area contributed by atoms with Crippen LogP contribution in [0.3, 0.4) is 0 Å². The molecule has 0 saturated carbocycles. The van der Waals surface area contributed by atoms with Crippen LogP contribution in [0, 0.1) is 0 Å². The zero-order valence-electron chi connectivity index (χ0n) is 11.2. The quantitative estimate of drug-likeness (QED) is 0.543. The predicted octanol–water partition coefficient (Wildman–Crippen LogP) is 3.98. The number of likely N-dealkylation sites (N-methyl/N-ethyl adjacent to an activating group) is 1. The Hall–Kier alpha value is -1.86. The molecule has 0 radical (unpaired) electrons. The van der Waals surface area contributed by atoms with Gasteiger partial charge in [0, 0.05) is 13.1 Å². The predicted molar refractivity (Wildman–Crippen MR) is 81.5 cm³/mol. The Kier molecular flexibility index (Phi) is 2.36. The molecule has 0 bridgehead atoms. The summed E-state index contributed by atoms with van der Waals surface area (Å²) in [7, 11) is 2.20. The number of benzene rings is 3. The van der Waals surface area contributed by atoms with Gasteiger partial charge in [-0.3, -0.25) is 0 Å². The first kappa shape index (κ1) is 11.0. The standard InChI is InChI=1S/C18H17N/c1-19-7-6-15-10-16-8-13-4-2-3-5-14(13)9-17(16)11-18(15)12-19/h2-5,8-11H,6-7,12H2,1H3. The van der Waals surface area contributed by atoms with E-state index in [1.807, 2.05) is 0 Å². The fourth-order valence-electron chi connectivity index (χ4n) is 3.15. The summed E-state index contributed by atoms with van der Waals surface area (Å²) in [5.74, 6) is 0. The van der Waals surface area contributed by atoms with Gasteiger partial charge < -0.3 is 4.90 Å². The second-order valence-corrected chi connectivity index (χ2v) is 5.66. The van der Waals surface area contributed by atoms with Crippen molar-refractivity contribution in [3.8, 4) is 0 Å². The van der Waals surface area contributed by atoms with Crippen molar-refractivity contribution in [2.24, 2.45) is 0 Å². The van der Waals surface area contributed by atoms with Crippen LogP contribution in [0.5, 0.6) is 0 Å². The first-order chi connectivity index (χ1) is 9.29. The topological polar surface area (TPSA) is 3.24 Å². The second kappa shape index (κ2) is 4.07. The third kappa shape index (κ3) is 1.82. The molecule has 3 aromatic rings. The molecule has 1 aliphatic rings. The normalized spacial score (nSPS) is 15.8. The Morgan fingerprint density at radius 3 is 2.11 bits per heavy atom. The average molecular weight is 247 g/mol. The maximum absolute atomic E-state index is 2.40. The van der Waals surface area contributed by atoms with Crippen molar-refractivity contribution in [1.29, 1.82) is 0 Å². The molecule has 1 heteroatoms. The van der Waals surface area contributed by atoms with Crippen molar-refractivity contribution in [2.45, 2.75) is 13.0 Å². The van der Waals surface area contributed by atoms with E-state index in [0.29, 0.717) is 0 Å². The lowest BCUT2D eigenvalue weighted by atomic mass is 9.94. The van der Waals surface area contributed by atoms with Crippen LogP contribution in [0.15, 0.2) is 48.5 Å². The molecule has 0 fully saturated rings. The number of hydrogen-bond acceptors (Lipinski definition) is 1. The fourth-order valence-corrected chi connectivity index (χ4v) is 3.15. The Labute approximate surface area is 113 Å². The second-order valence-electron chi connectivity index (χ2n) is 5.66. The zero-order valence-corrected chi connectivity index (χ0v) is 11.2. The van der Waals surface area contributed by atoms with E-state index >= 15 is 0 Å². The molecular formula is C18H17N. The summed E-state index contributed by atoms with van der Waals surface area (Å²) in [5, 5.41) is 5.41. The highest BCUT2D eigenvalue weighted by atomic mass is 15.1. The molecule has 0 unspecified atom stereocenters. The van der Waals surface area contributed by atoms with Crippen LogP contribution in [-0.4, -0.2) is 18.5 Å². The molecule has 0 aromatic heterocycles. The fraction of sp³-hybridized carbons (Fsp3) is 0.222. The maximum Gasteiger partial charge on any atom is 0.0233 e. The van der Waals surface area contributed by atoms with E-state index in [1.165, 1.54) is 45.6 Å². The van der Waals surface area contributed by atoms with Gasteiger partial charge in [0.15, 0.2) is 0 Å². The lowest BCUT2D eigenvalue weighted by Gasteiger charge is -2.25. The first-order valence-electron chi connectivity index (χ1n) is 6.92. The summed E-state index contributed by atoms with van der Waals surface area (Å²) < 4.78 is 0. The number of nitrogens with zero attached hydrogens (tertiary/aromatic N) is 1. The van der Waals surface area contributed by atoms with E-state index in [0.717, 1.165) is 6.54 Å². The Morgan fingerprint density at radius 1 is 0.789 bits per heavy atom. The van der Waals surface area contributed by atoms with Crippen molar-refractivity contribution in [1.82, 2.24) is 4.90 Å². The van der Waals surface area contributed by atoms with Crippen LogP contribution in [0.2, 0.25) is 0 Å². The van der Waals surface area contributed by atoms with E-state index < -0.39 is 0 Å². The highest BCUT2D eigenvalue weighted by Crippen LogP contribution is 2.28. The minimum Gasteiger partial charge on any atom is -0.302 e. The molecule has 1 aliphatic heterocycles. The smallest absolute Gasteiger partial charge is 0.0233 e. The first-order valence-corrected chi connectivity index (χ1v) is 6.92. The van der Waals surface area contributed by atoms with Crippen molar-refractivity contribution in [3.05, 3.63) is 59.7 Å². The van der Waals surface area contributed by atoms with E-state index in [4.69, 9.17) is 0 Å². The zero-order chi connectivity index (χ0) is 12.8. The molecule has 94 valence electrons. The third-order valence-corrected chi connectivity index (χ3v) is 4.23. The van der Waals surface area contributed by atoms with Crippen molar-refractivity contribution >= 4 is 21.5 Å². The van der Waals surface area contributed by atoms with Crippen molar-refractivity contribution in [2.75, 3.05) is 13.6 Å². The van der Waals surface area contributed by atoms with Gasteiger partial charge in [0.2, 0.25) is 0 Å². The molecule has 0 spiro atoms. The highest BCUT2D eigenvalue weighted by molar-refractivity contribution is 5.98. The van der Waals surface area contributed by atoms with Gasteiger partial charge in [-0.15, -0.1) is 0 Å². The molecule has 4 rings (SSSR count). The molecule has 0 N–H and O–H groups in total. The summed E-state index contributed by atoms with van der Waals surface area (Å²) in [6.07, 6.45) is 1.18. The van der Waals surface area contributed by atoms with E-state index in [-0.39, 0.29) is 0 Å². The molecule has 19 heavy (non-hydrogen) atoms. The van der Waals surface area contributed by atoms with Crippen molar-refractivity contribution in [3.63, 3.8) is 0 Å². The monoisotopic (exact) mass is 247 g/mol. The van der Waals surface area contributed by atoms with Gasteiger partial charge in [-0.1, -0.05) is 30.3 Å². The summed E-state index contributed by atoms with van der Waals surface area (Å²) in [6, 6.07) is 18.0. The molecule has 3 aromatic carbocycles. The van der Waals surface area contributed by atoms with Crippen LogP contribution in [0.4, 0.5) is 0 Å². The summed E-state index contributed by atoms with van der Waals surface area (Å²) in [4.78, 5) is 2.40. The molecule has 1 heterocycles. The SMILES string of the molecule is CN1CCc2cc3cc4ccccc4cc3cc2C1. The van der Waals surface area contributed by atoms with Gasteiger partial charge in [0.1, 0.15) is 0 Å². The number of rotatable bonds is 0. The molecule has 0 aliphatic carbocycles. The Balaban J connectivity index is 2.00. The van der Waals surface area contributed by atoms with Crippen LogP contribution in [-0.2, 0) is 13.0 Å². The summed E-state index contributed by atoms with van der Waals surface area (Å²) in [6.45, 7) is 2.25.